The van der Waals surface area contributed by atoms with Crippen molar-refractivity contribution >= 4 is 28.1 Å². The molecule has 1 aliphatic carbocycles. The summed E-state index contributed by atoms with van der Waals surface area (Å²) < 4.78 is 5.15. The van der Waals surface area contributed by atoms with Gasteiger partial charge < -0.3 is 9.64 Å². The van der Waals surface area contributed by atoms with Crippen molar-refractivity contribution in [3.8, 4) is 0 Å². The Hall–Kier alpha value is -0.320. The van der Waals surface area contributed by atoms with Crippen LogP contribution in [0.2, 0.25) is 5.15 Å². The number of methoxy groups -OCH3 is 1. The number of hydrogen-bond donors (Lipinski definition) is 0. The summed E-state index contributed by atoms with van der Waals surface area (Å²) in [4.78, 5) is 6.67. The van der Waals surface area contributed by atoms with E-state index in [1.165, 1.54) is 12.8 Å². The molecule has 0 bridgehead atoms. The lowest BCUT2D eigenvalue weighted by atomic mass is 10.2. The van der Waals surface area contributed by atoms with Crippen LogP contribution in [-0.4, -0.2) is 31.3 Å². The first-order valence-electron chi connectivity index (χ1n) is 5.59. The van der Waals surface area contributed by atoms with Gasteiger partial charge in [-0.1, -0.05) is 11.6 Å². The van der Waals surface area contributed by atoms with E-state index in [1.807, 2.05) is 5.38 Å². The SMILES string of the molecule is COCCN(c1nc(Cl)cs1)C(C)C1CC1. The van der Waals surface area contributed by atoms with Crippen LogP contribution < -0.4 is 4.90 Å². The molecule has 1 heterocycles. The molecule has 0 saturated heterocycles. The van der Waals surface area contributed by atoms with Gasteiger partial charge in [-0.3, -0.25) is 0 Å². The highest BCUT2D eigenvalue weighted by atomic mass is 35.5. The molecule has 1 atom stereocenters. The van der Waals surface area contributed by atoms with E-state index < -0.39 is 0 Å². The number of nitrogens with zero attached hydrogens (tertiary/aromatic N) is 2. The second kappa shape index (κ2) is 5.34. The van der Waals surface area contributed by atoms with Gasteiger partial charge in [0, 0.05) is 25.1 Å². The zero-order valence-electron chi connectivity index (χ0n) is 9.65. The van der Waals surface area contributed by atoms with Gasteiger partial charge in [0.2, 0.25) is 0 Å². The lowest BCUT2D eigenvalue weighted by Gasteiger charge is -2.28. The van der Waals surface area contributed by atoms with Crippen LogP contribution in [-0.2, 0) is 4.74 Å². The summed E-state index contributed by atoms with van der Waals surface area (Å²) in [5, 5.41) is 3.49. The van der Waals surface area contributed by atoms with Gasteiger partial charge in [0.25, 0.3) is 0 Å². The van der Waals surface area contributed by atoms with Crippen molar-refractivity contribution in [2.75, 3.05) is 25.2 Å². The molecule has 1 saturated carbocycles. The summed E-state index contributed by atoms with van der Waals surface area (Å²) in [7, 11) is 1.73. The molecule has 1 unspecified atom stereocenters. The Morgan fingerprint density at radius 2 is 2.44 bits per heavy atom. The molecule has 1 aromatic heterocycles. The molecule has 16 heavy (non-hydrogen) atoms. The Kier molecular flexibility index (Phi) is 4.05. The molecule has 1 aliphatic rings. The monoisotopic (exact) mass is 260 g/mol. The van der Waals surface area contributed by atoms with E-state index in [0.717, 1.165) is 24.2 Å². The average molecular weight is 261 g/mol. The molecule has 0 spiro atoms. The molecule has 3 nitrogen and oxygen atoms in total. The number of thiazole rings is 1. The minimum Gasteiger partial charge on any atom is -0.383 e. The fourth-order valence-corrected chi connectivity index (χ4v) is 2.94. The Morgan fingerprint density at radius 3 is 2.94 bits per heavy atom. The van der Waals surface area contributed by atoms with Crippen LogP contribution in [0.15, 0.2) is 5.38 Å². The molecule has 1 fully saturated rings. The Balaban J connectivity index is 2.06. The summed E-state index contributed by atoms with van der Waals surface area (Å²) in [6, 6.07) is 0.539. The van der Waals surface area contributed by atoms with Crippen molar-refractivity contribution in [3.05, 3.63) is 10.5 Å². The second-order valence-electron chi connectivity index (χ2n) is 4.22. The van der Waals surface area contributed by atoms with E-state index in [-0.39, 0.29) is 0 Å². The van der Waals surface area contributed by atoms with Crippen molar-refractivity contribution in [2.24, 2.45) is 5.92 Å². The molecule has 2 rings (SSSR count). The van der Waals surface area contributed by atoms with Crippen molar-refractivity contribution in [2.45, 2.75) is 25.8 Å². The summed E-state index contributed by atoms with van der Waals surface area (Å²) in [6.45, 7) is 3.88. The van der Waals surface area contributed by atoms with Gasteiger partial charge in [0.05, 0.1) is 6.61 Å². The van der Waals surface area contributed by atoms with Gasteiger partial charge in [0.1, 0.15) is 5.15 Å². The summed E-state index contributed by atoms with van der Waals surface area (Å²) >= 11 is 7.49. The minimum absolute atomic E-state index is 0.539. The zero-order chi connectivity index (χ0) is 11.5. The molecule has 5 heteroatoms. The van der Waals surface area contributed by atoms with Gasteiger partial charge in [-0.05, 0) is 25.7 Å². The minimum atomic E-state index is 0.539. The maximum absolute atomic E-state index is 5.88. The Morgan fingerprint density at radius 1 is 1.69 bits per heavy atom. The molecule has 0 aliphatic heterocycles. The van der Waals surface area contributed by atoms with E-state index in [4.69, 9.17) is 16.3 Å². The first-order valence-corrected chi connectivity index (χ1v) is 6.84. The molecule has 0 aromatic carbocycles. The Labute approximate surface area is 105 Å². The van der Waals surface area contributed by atoms with Gasteiger partial charge in [-0.15, -0.1) is 11.3 Å². The van der Waals surface area contributed by atoms with Crippen LogP contribution in [0.1, 0.15) is 19.8 Å². The number of hydrogen-bond acceptors (Lipinski definition) is 4. The molecule has 0 radical (unpaired) electrons. The van der Waals surface area contributed by atoms with Gasteiger partial charge in [-0.25, -0.2) is 4.98 Å². The van der Waals surface area contributed by atoms with E-state index >= 15 is 0 Å². The van der Waals surface area contributed by atoms with E-state index in [2.05, 4.69) is 16.8 Å². The van der Waals surface area contributed by atoms with Crippen LogP contribution in [0.4, 0.5) is 5.13 Å². The highest BCUT2D eigenvalue weighted by Crippen LogP contribution is 2.37. The molecular weight excluding hydrogens is 244 g/mol. The summed E-state index contributed by atoms with van der Waals surface area (Å²) in [6.07, 6.45) is 2.67. The molecule has 0 amide bonds. The van der Waals surface area contributed by atoms with Crippen molar-refractivity contribution in [1.82, 2.24) is 4.98 Å². The highest BCUT2D eigenvalue weighted by Gasteiger charge is 2.33. The first-order chi connectivity index (χ1) is 7.72. The molecular formula is C11H17ClN2OS. The predicted octanol–water partition coefficient (Wildman–Crippen LogP) is 3.05. The number of anilines is 1. The van der Waals surface area contributed by atoms with Gasteiger partial charge >= 0.3 is 0 Å². The van der Waals surface area contributed by atoms with E-state index in [0.29, 0.717) is 11.2 Å². The van der Waals surface area contributed by atoms with E-state index in [1.54, 1.807) is 18.4 Å². The van der Waals surface area contributed by atoms with Crippen LogP contribution >= 0.6 is 22.9 Å². The van der Waals surface area contributed by atoms with Crippen LogP contribution in [0.25, 0.3) is 0 Å². The quantitative estimate of drug-likeness (QED) is 0.786. The third kappa shape index (κ3) is 2.87. The number of aromatic nitrogens is 1. The molecule has 1 aromatic rings. The number of ether oxygens (including phenoxy) is 1. The number of rotatable bonds is 6. The van der Waals surface area contributed by atoms with Crippen molar-refractivity contribution in [1.29, 1.82) is 0 Å². The third-order valence-corrected chi connectivity index (χ3v) is 4.24. The normalized spacial score (nSPS) is 17.4. The zero-order valence-corrected chi connectivity index (χ0v) is 11.2. The predicted molar refractivity (Wildman–Crippen MR) is 68.5 cm³/mol. The smallest absolute Gasteiger partial charge is 0.187 e. The lowest BCUT2D eigenvalue weighted by Crippen LogP contribution is -2.37. The topological polar surface area (TPSA) is 25.4 Å². The lowest BCUT2D eigenvalue weighted by molar-refractivity contribution is 0.202. The van der Waals surface area contributed by atoms with Gasteiger partial charge in [-0.2, -0.15) is 0 Å². The van der Waals surface area contributed by atoms with Crippen molar-refractivity contribution < 1.29 is 4.74 Å². The molecule has 90 valence electrons. The van der Waals surface area contributed by atoms with E-state index in [9.17, 15) is 0 Å². The maximum Gasteiger partial charge on any atom is 0.187 e. The average Bonchev–Trinajstić information content (AvgIpc) is 3.03. The summed E-state index contributed by atoms with van der Waals surface area (Å²) in [5.41, 5.74) is 0. The first kappa shape index (κ1) is 12.1. The fraction of sp³-hybridized carbons (Fsp3) is 0.727. The number of halogens is 1. The third-order valence-electron chi connectivity index (χ3n) is 3.04. The van der Waals surface area contributed by atoms with Crippen molar-refractivity contribution in [3.63, 3.8) is 0 Å². The molecule has 0 N–H and O–H groups in total. The second-order valence-corrected chi connectivity index (χ2v) is 5.44. The van der Waals surface area contributed by atoms with Crippen LogP contribution in [0.3, 0.4) is 0 Å². The van der Waals surface area contributed by atoms with Gasteiger partial charge in [0.15, 0.2) is 5.13 Å². The highest BCUT2D eigenvalue weighted by molar-refractivity contribution is 7.14. The largest absolute Gasteiger partial charge is 0.383 e. The standard InChI is InChI=1S/C11H17ClN2OS/c1-8(9-3-4-9)14(5-6-15-2)11-13-10(12)7-16-11/h7-9H,3-6H2,1-2H3. The maximum atomic E-state index is 5.88. The Bertz CT molecular complexity index is 340. The summed E-state index contributed by atoms with van der Waals surface area (Å²) in [5.74, 6) is 0.819. The van der Waals surface area contributed by atoms with Crippen LogP contribution in [0.5, 0.6) is 0 Å². The fourth-order valence-electron chi connectivity index (χ4n) is 1.87. The van der Waals surface area contributed by atoms with Crippen LogP contribution in [0, 0.1) is 5.92 Å².